The third-order valence-corrected chi connectivity index (χ3v) is 2.92. The van der Waals surface area contributed by atoms with Gasteiger partial charge in [-0.1, -0.05) is 0 Å². The summed E-state index contributed by atoms with van der Waals surface area (Å²) < 4.78 is 0. The number of amides is 1. The van der Waals surface area contributed by atoms with Gasteiger partial charge in [0.15, 0.2) is 0 Å². The number of nitrogens with one attached hydrogen (secondary N) is 2. The van der Waals surface area contributed by atoms with Crippen LogP contribution in [-0.2, 0) is 16.0 Å². The molecule has 0 saturated carbocycles. The first-order valence-electron chi connectivity index (χ1n) is 6.57. The van der Waals surface area contributed by atoms with Gasteiger partial charge in [0.25, 0.3) is 0 Å². The Bertz CT molecular complexity index is 415. The summed E-state index contributed by atoms with van der Waals surface area (Å²) in [6.07, 6.45) is 5.28. The number of carbonyl (C=O) groups excluding carboxylic acids is 1. The number of rotatable bonds is 9. The molecule has 1 amide bonds. The molecule has 19 heavy (non-hydrogen) atoms. The normalized spacial score (nSPS) is 10.4. The van der Waals surface area contributed by atoms with Gasteiger partial charge in [0.1, 0.15) is 0 Å². The summed E-state index contributed by atoms with van der Waals surface area (Å²) in [4.78, 5) is 21.7. The molecule has 0 fully saturated rings. The average Bonchev–Trinajstić information content (AvgIpc) is 2.76. The van der Waals surface area contributed by atoms with Gasteiger partial charge in [-0.25, -0.2) is 0 Å². The van der Waals surface area contributed by atoms with Gasteiger partial charge in [0, 0.05) is 25.1 Å². The Kier molecular flexibility index (Phi) is 6.63. The summed E-state index contributed by atoms with van der Waals surface area (Å²) in [6.45, 7) is 2.62. The lowest BCUT2D eigenvalue weighted by Crippen LogP contribution is -2.24. The van der Waals surface area contributed by atoms with E-state index in [-0.39, 0.29) is 12.3 Å². The van der Waals surface area contributed by atoms with Crippen molar-refractivity contribution in [3.63, 3.8) is 0 Å². The number of aromatic amines is 1. The fourth-order valence-electron chi connectivity index (χ4n) is 1.78. The van der Waals surface area contributed by atoms with E-state index in [1.165, 1.54) is 5.56 Å². The molecule has 0 atom stereocenters. The van der Waals surface area contributed by atoms with Crippen molar-refractivity contribution in [3.8, 4) is 0 Å². The molecule has 0 aliphatic heterocycles. The van der Waals surface area contributed by atoms with Gasteiger partial charge < -0.3 is 10.4 Å². The summed E-state index contributed by atoms with van der Waals surface area (Å²) in [5.74, 6) is -0.815. The number of carboxylic acid groups (broad SMARTS) is 1. The van der Waals surface area contributed by atoms with E-state index in [1.807, 2.05) is 13.1 Å². The van der Waals surface area contributed by atoms with Gasteiger partial charge in [-0.05, 0) is 38.2 Å². The third-order valence-electron chi connectivity index (χ3n) is 2.92. The Labute approximate surface area is 112 Å². The molecule has 0 bridgehead atoms. The molecule has 6 nitrogen and oxygen atoms in total. The van der Waals surface area contributed by atoms with Crippen LogP contribution in [0.3, 0.4) is 0 Å². The van der Waals surface area contributed by atoms with Crippen molar-refractivity contribution in [1.29, 1.82) is 0 Å². The fraction of sp³-hybridized carbons (Fsp3) is 0.615. The maximum atomic E-state index is 11.4. The van der Waals surface area contributed by atoms with Crippen LogP contribution in [0.5, 0.6) is 0 Å². The van der Waals surface area contributed by atoms with E-state index in [9.17, 15) is 9.59 Å². The first-order chi connectivity index (χ1) is 9.09. The molecule has 3 N–H and O–H groups in total. The van der Waals surface area contributed by atoms with Crippen LogP contribution < -0.4 is 5.32 Å². The predicted octanol–water partition coefficient (Wildman–Crippen LogP) is 1.41. The number of aryl methyl sites for hydroxylation is 2. The van der Waals surface area contributed by atoms with Gasteiger partial charge in [0.05, 0.1) is 6.20 Å². The monoisotopic (exact) mass is 267 g/mol. The Morgan fingerprint density at radius 1 is 1.32 bits per heavy atom. The quantitative estimate of drug-likeness (QED) is 0.589. The highest BCUT2D eigenvalue weighted by Gasteiger charge is 2.03. The van der Waals surface area contributed by atoms with E-state index in [0.29, 0.717) is 25.8 Å². The molecule has 0 saturated heterocycles. The van der Waals surface area contributed by atoms with E-state index < -0.39 is 5.97 Å². The third kappa shape index (κ3) is 6.59. The molecule has 1 rings (SSSR count). The van der Waals surface area contributed by atoms with Crippen LogP contribution in [0.1, 0.15) is 43.4 Å². The number of hydrogen-bond donors (Lipinski definition) is 3. The summed E-state index contributed by atoms with van der Waals surface area (Å²) >= 11 is 0. The molecule has 0 unspecified atom stereocenters. The average molecular weight is 267 g/mol. The van der Waals surface area contributed by atoms with E-state index in [1.54, 1.807) is 0 Å². The number of carbonyl (C=O) groups is 2. The molecule has 1 aromatic heterocycles. The fourth-order valence-corrected chi connectivity index (χ4v) is 1.78. The Hall–Kier alpha value is -1.85. The zero-order chi connectivity index (χ0) is 14.1. The van der Waals surface area contributed by atoms with Gasteiger partial charge in [-0.3, -0.25) is 14.7 Å². The van der Waals surface area contributed by atoms with Crippen molar-refractivity contribution in [2.24, 2.45) is 0 Å². The predicted molar refractivity (Wildman–Crippen MR) is 70.8 cm³/mol. The first-order valence-corrected chi connectivity index (χ1v) is 6.57. The Morgan fingerprint density at radius 3 is 2.68 bits per heavy atom. The van der Waals surface area contributed by atoms with Crippen LogP contribution in [0.25, 0.3) is 0 Å². The molecular formula is C13H21N3O3. The number of nitrogens with zero attached hydrogens (tertiary/aromatic N) is 1. The van der Waals surface area contributed by atoms with Crippen molar-refractivity contribution in [2.75, 3.05) is 6.54 Å². The standard InChI is InChI=1S/C13H21N3O3/c1-10-11(9-15-16-10)5-4-8-14-12(17)6-2-3-7-13(18)19/h9H,2-8H2,1H3,(H,14,17)(H,15,16)(H,18,19). The van der Waals surface area contributed by atoms with Crippen LogP contribution in [0.15, 0.2) is 6.20 Å². The topological polar surface area (TPSA) is 95.1 Å². The second-order valence-corrected chi connectivity index (χ2v) is 4.57. The highest BCUT2D eigenvalue weighted by Crippen LogP contribution is 2.05. The van der Waals surface area contributed by atoms with Crippen LogP contribution in [0.4, 0.5) is 0 Å². The molecule has 106 valence electrons. The molecule has 1 heterocycles. The van der Waals surface area contributed by atoms with Crippen molar-refractivity contribution in [1.82, 2.24) is 15.5 Å². The molecule has 0 aliphatic rings. The SMILES string of the molecule is Cc1[nH]ncc1CCCNC(=O)CCCCC(=O)O. The second kappa shape index (κ2) is 8.29. The van der Waals surface area contributed by atoms with Gasteiger partial charge in [0.2, 0.25) is 5.91 Å². The number of unbranched alkanes of at least 4 members (excludes halogenated alkanes) is 1. The zero-order valence-corrected chi connectivity index (χ0v) is 11.2. The summed E-state index contributed by atoms with van der Waals surface area (Å²) in [5, 5.41) is 18.1. The van der Waals surface area contributed by atoms with Crippen molar-refractivity contribution >= 4 is 11.9 Å². The summed E-state index contributed by atoms with van der Waals surface area (Å²) in [5.41, 5.74) is 2.25. The number of carboxylic acids is 1. The molecule has 6 heteroatoms. The number of aromatic nitrogens is 2. The minimum absolute atomic E-state index is 0.00527. The van der Waals surface area contributed by atoms with E-state index >= 15 is 0 Å². The number of hydrogen-bond acceptors (Lipinski definition) is 3. The molecule has 0 aromatic carbocycles. The van der Waals surface area contributed by atoms with Gasteiger partial charge >= 0.3 is 5.97 Å². The first kappa shape index (κ1) is 15.2. The van der Waals surface area contributed by atoms with Gasteiger partial charge in [-0.15, -0.1) is 0 Å². The van der Waals surface area contributed by atoms with Crippen LogP contribution >= 0.6 is 0 Å². The molecule has 1 aromatic rings. The highest BCUT2D eigenvalue weighted by molar-refractivity contribution is 5.75. The van der Waals surface area contributed by atoms with Crippen LogP contribution in [-0.4, -0.2) is 33.7 Å². The lowest BCUT2D eigenvalue weighted by Gasteiger charge is -2.04. The van der Waals surface area contributed by atoms with Crippen LogP contribution in [0, 0.1) is 6.92 Å². The smallest absolute Gasteiger partial charge is 0.303 e. The minimum Gasteiger partial charge on any atom is -0.481 e. The highest BCUT2D eigenvalue weighted by atomic mass is 16.4. The molecule has 0 radical (unpaired) electrons. The van der Waals surface area contributed by atoms with Gasteiger partial charge in [-0.2, -0.15) is 5.10 Å². The maximum absolute atomic E-state index is 11.4. The van der Waals surface area contributed by atoms with E-state index in [2.05, 4.69) is 15.5 Å². The maximum Gasteiger partial charge on any atom is 0.303 e. The van der Waals surface area contributed by atoms with E-state index in [4.69, 9.17) is 5.11 Å². The molecule has 0 aliphatic carbocycles. The lowest BCUT2D eigenvalue weighted by molar-refractivity contribution is -0.137. The zero-order valence-electron chi connectivity index (χ0n) is 11.2. The van der Waals surface area contributed by atoms with Crippen molar-refractivity contribution in [3.05, 3.63) is 17.5 Å². The minimum atomic E-state index is -0.809. The number of aliphatic carboxylic acids is 1. The van der Waals surface area contributed by atoms with Crippen molar-refractivity contribution in [2.45, 2.75) is 45.4 Å². The lowest BCUT2D eigenvalue weighted by atomic mass is 10.1. The Balaban J connectivity index is 2.01. The summed E-state index contributed by atoms with van der Waals surface area (Å²) in [7, 11) is 0. The van der Waals surface area contributed by atoms with E-state index in [0.717, 1.165) is 18.5 Å². The van der Waals surface area contributed by atoms with Crippen LogP contribution in [0.2, 0.25) is 0 Å². The van der Waals surface area contributed by atoms with Crippen molar-refractivity contribution < 1.29 is 14.7 Å². The number of H-pyrrole nitrogens is 1. The second-order valence-electron chi connectivity index (χ2n) is 4.57. The largest absolute Gasteiger partial charge is 0.481 e. The summed E-state index contributed by atoms with van der Waals surface area (Å²) in [6, 6.07) is 0. The Morgan fingerprint density at radius 2 is 2.05 bits per heavy atom. The molecule has 0 spiro atoms. The molecular weight excluding hydrogens is 246 g/mol.